The molecule has 0 radical (unpaired) electrons. The highest BCUT2D eigenvalue weighted by molar-refractivity contribution is 5.33. The van der Waals surface area contributed by atoms with Gasteiger partial charge in [0.05, 0.1) is 6.10 Å². The maximum Gasteiger partial charge on any atom is 0.0830 e. The predicted octanol–water partition coefficient (Wildman–Crippen LogP) is 2.07. The van der Waals surface area contributed by atoms with Crippen molar-refractivity contribution in [1.29, 1.82) is 0 Å². The van der Waals surface area contributed by atoms with Crippen molar-refractivity contribution in [3.05, 3.63) is 35.4 Å². The number of aryl methyl sites for hydroxylation is 1. The number of fused-ring (bicyclic) bond motifs is 1. The minimum atomic E-state index is 0.217. The zero-order valence-corrected chi connectivity index (χ0v) is 8.28. The molecular formula is C12H16O2. The van der Waals surface area contributed by atoms with E-state index in [0.29, 0.717) is 6.61 Å². The van der Waals surface area contributed by atoms with Gasteiger partial charge in [0.2, 0.25) is 0 Å². The number of benzene rings is 1. The minimum Gasteiger partial charge on any atom is -0.396 e. The van der Waals surface area contributed by atoms with Crippen molar-refractivity contribution in [1.82, 2.24) is 0 Å². The maximum absolute atomic E-state index is 8.66. The summed E-state index contributed by atoms with van der Waals surface area (Å²) in [5.41, 5.74) is 2.76. The molecule has 1 unspecified atom stereocenters. The van der Waals surface area contributed by atoms with E-state index in [1.807, 2.05) is 0 Å². The molecule has 2 heteroatoms. The Morgan fingerprint density at radius 1 is 1.36 bits per heavy atom. The average Bonchev–Trinajstić information content (AvgIpc) is 2.63. The third kappa shape index (κ3) is 1.97. The van der Waals surface area contributed by atoms with Crippen LogP contribution in [0.4, 0.5) is 0 Å². The summed E-state index contributed by atoms with van der Waals surface area (Å²) in [5, 5.41) is 8.66. The van der Waals surface area contributed by atoms with Gasteiger partial charge in [-0.25, -0.2) is 0 Å². The van der Waals surface area contributed by atoms with Crippen molar-refractivity contribution in [2.75, 3.05) is 13.2 Å². The van der Waals surface area contributed by atoms with Gasteiger partial charge < -0.3 is 9.84 Å². The molecule has 1 aromatic carbocycles. The monoisotopic (exact) mass is 192 g/mol. The van der Waals surface area contributed by atoms with E-state index < -0.39 is 0 Å². The number of aliphatic hydroxyl groups is 1. The molecule has 0 bridgehead atoms. The molecule has 0 amide bonds. The molecule has 0 spiro atoms. The van der Waals surface area contributed by atoms with Crippen LogP contribution in [-0.2, 0) is 11.2 Å². The van der Waals surface area contributed by atoms with Crippen molar-refractivity contribution in [3.63, 3.8) is 0 Å². The van der Waals surface area contributed by atoms with E-state index in [9.17, 15) is 0 Å². The highest BCUT2D eigenvalue weighted by atomic mass is 16.5. The van der Waals surface area contributed by atoms with Crippen LogP contribution in [0, 0.1) is 0 Å². The molecule has 1 aliphatic rings. The van der Waals surface area contributed by atoms with Crippen molar-refractivity contribution in [2.24, 2.45) is 0 Å². The maximum atomic E-state index is 8.66. The van der Waals surface area contributed by atoms with E-state index in [0.717, 1.165) is 19.3 Å². The summed E-state index contributed by atoms with van der Waals surface area (Å²) in [6.45, 7) is 0.879. The Bertz CT molecular complexity index is 296. The smallest absolute Gasteiger partial charge is 0.0830 e. The van der Waals surface area contributed by atoms with Gasteiger partial charge in [-0.1, -0.05) is 24.3 Å². The van der Waals surface area contributed by atoms with Gasteiger partial charge in [0.25, 0.3) is 0 Å². The molecule has 76 valence electrons. The topological polar surface area (TPSA) is 29.5 Å². The zero-order valence-electron chi connectivity index (χ0n) is 8.28. The van der Waals surface area contributed by atoms with Gasteiger partial charge in [-0.05, 0) is 30.4 Å². The normalized spacial score (nSPS) is 19.6. The average molecular weight is 192 g/mol. The van der Waals surface area contributed by atoms with E-state index in [2.05, 4.69) is 24.3 Å². The first kappa shape index (κ1) is 9.69. The van der Waals surface area contributed by atoms with Gasteiger partial charge in [-0.2, -0.15) is 0 Å². The van der Waals surface area contributed by atoms with Crippen LogP contribution in [0.15, 0.2) is 24.3 Å². The highest BCUT2D eigenvalue weighted by Crippen LogP contribution is 2.33. The molecular weight excluding hydrogens is 176 g/mol. The summed E-state index contributed by atoms with van der Waals surface area (Å²) < 4.78 is 5.71. The van der Waals surface area contributed by atoms with Gasteiger partial charge in [0.1, 0.15) is 0 Å². The fourth-order valence-electron chi connectivity index (χ4n) is 1.98. The zero-order chi connectivity index (χ0) is 9.80. The Balaban J connectivity index is 1.96. The Kier molecular flexibility index (Phi) is 3.17. The van der Waals surface area contributed by atoms with Gasteiger partial charge in [-0.3, -0.25) is 0 Å². The molecule has 0 fully saturated rings. The third-order valence-corrected chi connectivity index (χ3v) is 2.70. The fourth-order valence-corrected chi connectivity index (χ4v) is 1.98. The first-order valence-electron chi connectivity index (χ1n) is 5.22. The summed E-state index contributed by atoms with van der Waals surface area (Å²) in [4.78, 5) is 0. The number of aliphatic hydroxyl groups excluding tert-OH is 1. The molecule has 1 aliphatic carbocycles. The van der Waals surface area contributed by atoms with E-state index in [4.69, 9.17) is 9.84 Å². The number of ether oxygens (including phenoxy) is 1. The molecule has 2 rings (SSSR count). The number of hydrogen-bond acceptors (Lipinski definition) is 2. The van der Waals surface area contributed by atoms with Gasteiger partial charge >= 0.3 is 0 Å². The van der Waals surface area contributed by atoms with Crippen molar-refractivity contribution < 1.29 is 9.84 Å². The number of hydrogen-bond donors (Lipinski definition) is 1. The summed E-state index contributed by atoms with van der Waals surface area (Å²) in [5.74, 6) is 0. The van der Waals surface area contributed by atoms with Crippen molar-refractivity contribution in [3.8, 4) is 0 Å². The van der Waals surface area contributed by atoms with Crippen LogP contribution in [0.2, 0.25) is 0 Å². The molecule has 14 heavy (non-hydrogen) atoms. The lowest BCUT2D eigenvalue weighted by molar-refractivity contribution is 0.0446. The van der Waals surface area contributed by atoms with Crippen molar-refractivity contribution in [2.45, 2.75) is 25.4 Å². The van der Waals surface area contributed by atoms with Crippen LogP contribution in [-0.4, -0.2) is 18.3 Å². The lowest BCUT2D eigenvalue weighted by Crippen LogP contribution is -2.03. The molecule has 0 aromatic heterocycles. The Hall–Kier alpha value is -0.860. The second kappa shape index (κ2) is 4.58. The molecule has 2 nitrogen and oxygen atoms in total. The Morgan fingerprint density at radius 2 is 2.21 bits per heavy atom. The van der Waals surface area contributed by atoms with E-state index >= 15 is 0 Å². The molecule has 1 aromatic rings. The molecule has 1 N–H and O–H groups in total. The summed E-state index contributed by atoms with van der Waals surface area (Å²) in [6, 6.07) is 8.46. The van der Waals surface area contributed by atoms with Crippen LogP contribution >= 0.6 is 0 Å². The van der Waals surface area contributed by atoms with Crippen LogP contribution in [0.3, 0.4) is 0 Å². The van der Waals surface area contributed by atoms with Crippen molar-refractivity contribution >= 4 is 0 Å². The van der Waals surface area contributed by atoms with Gasteiger partial charge in [-0.15, -0.1) is 0 Å². The van der Waals surface area contributed by atoms with Crippen LogP contribution < -0.4 is 0 Å². The highest BCUT2D eigenvalue weighted by Gasteiger charge is 2.21. The van der Waals surface area contributed by atoms with E-state index in [-0.39, 0.29) is 12.7 Å². The summed E-state index contributed by atoms with van der Waals surface area (Å²) in [7, 11) is 0. The lowest BCUT2D eigenvalue weighted by Gasteiger charge is -2.12. The van der Waals surface area contributed by atoms with E-state index in [1.165, 1.54) is 11.1 Å². The minimum absolute atomic E-state index is 0.217. The first-order chi connectivity index (χ1) is 6.92. The SMILES string of the molecule is OCCCOC1CCc2ccccc21. The van der Waals surface area contributed by atoms with Crippen LogP contribution in [0.25, 0.3) is 0 Å². The predicted molar refractivity (Wildman–Crippen MR) is 55.2 cm³/mol. The first-order valence-corrected chi connectivity index (χ1v) is 5.22. The van der Waals surface area contributed by atoms with E-state index in [1.54, 1.807) is 0 Å². The molecule has 0 saturated carbocycles. The lowest BCUT2D eigenvalue weighted by atomic mass is 10.1. The molecule has 0 aliphatic heterocycles. The fraction of sp³-hybridized carbons (Fsp3) is 0.500. The quantitative estimate of drug-likeness (QED) is 0.740. The van der Waals surface area contributed by atoms with Gasteiger partial charge in [0, 0.05) is 13.2 Å². The molecule has 0 heterocycles. The Morgan fingerprint density at radius 3 is 3.07 bits per heavy atom. The molecule has 1 atom stereocenters. The standard InChI is InChI=1S/C12H16O2/c13-8-3-9-14-12-7-6-10-4-1-2-5-11(10)12/h1-2,4-5,12-13H,3,6-9H2. The van der Waals surface area contributed by atoms with Gasteiger partial charge in [0.15, 0.2) is 0 Å². The second-order valence-corrected chi connectivity index (χ2v) is 3.67. The molecule has 0 saturated heterocycles. The van der Waals surface area contributed by atoms with Crippen LogP contribution in [0.1, 0.15) is 30.1 Å². The summed E-state index contributed by atoms with van der Waals surface area (Å²) in [6.07, 6.45) is 3.21. The largest absolute Gasteiger partial charge is 0.396 e. The Labute approximate surface area is 84.5 Å². The van der Waals surface area contributed by atoms with Crippen LogP contribution in [0.5, 0.6) is 0 Å². The number of rotatable bonds is 4. The summed E-state index contributed by atoms with van der Waals surface area (Å²) >= 11 is 0. The third-order valence-electron chi connectivity index (χ3n) is 2.70. The second-order valence-electron chi connectivity index (χ2n) is 3.67.